The first-order chi connectivity index (χ1) is 13.5. The molecule has 1 aromatic rings. The van der Waals surface area contributed by atoms with E-state index in [4.69, 9.17) is 0 Å². The highest BCUT2D eigenvalue weighted by atomic mass is 16.2. The monoisotopic (exact) mass is 384 g/mol. The number of amides is 2. The van der Waals surface area contributed by atoms with Crippen LogP contribution in [0.3, 0.4) is 0 Å². The second-order valence-electron chi connectivity index (χ2n) is 8.36. The molecule has 0 saturated heterocycles. The van der Waals surface area contributed by atoms with Crippen molar-refractivity contribution in [3.63, 3.8) is 0 Å². The normalized spacial score (nSPS) is 24.6. The molecule has 2 aliphatic carbocycles. The van der Waals surface area contributed by atoms with Gasteiger partial charge in [-0.1, -0.05) is 12.2 Å². The molecule has 2 amide bonds. The maximum atomic E-state index is 12.5. The number of hydrogen-bond donors (Lipinski definition) is 1. The van der Waals surface area contributed by atoms with Gasteiger partial charge < -0.3 is 10.2 Å². The van der Waals surface area contributed by atoms with Gasteiger partial charge >= 0.3 is 0 Å². The summed E-state index contributed by atoms with van der Waals surface area (Å²) < 4.78 is 0. The number of nitrogens with zero attached hydrogens (tertiary/aromatic N) is 3. The minimum Gasteiger partial charge on any atom is -0.356 e. The second-order valence-corrected chi connectivity index (χ2v) is 8.36. The van der Waals surface area contributed by atoms with Gasteiger partial charge in [-0.25, -0.2) is 9.97 Å². The van der Waals surface area contributed by atoms with Crippen LogP contribution in [0.2, 0.25) is 0 Å². The molecule has 6 heteroatoms. The van der Waals surface area contributed by atoms with Crippen LogP contribution in [-0.4, -0.2) is 47.3 Å². The van der Waals surface area contributed by atoms with Crippen LogP contribution in [0.15, 0.2) is 18.3 Å². The predicted octanol–water partition coefficient (Wildman–Crippen LogP) is 3.23. The third-order valence-corrected chi connectivity index (χ3v) is 6.01. The van der Waals surface area contributed by atoms with Gasteiger partial charge in [-0.2, -0.15) is 0 Å². The lowest BCUT2D eigenvalue weighted by atomic mass is 9.79. The van der Waals surface area contributed by atoms with Gasteiger partial charge in [0.2, 0.25) is 5.91 Å². The first kappa shape index (κ1) is 20.5. The third kappa shape index (κ3) is 4.97. The van der Waals surface area contributed by atoms with Crippen molar-refractivity contribution >= 4 is 11.8 Å². The summed E-state index contributed by atoms with van der Waals surface area (Å²) in [4.78, 5) is 35.3. The van der Waals surface area contributed by atoms with E-state index in [2.05, 4.69) is 27.4 Å². The summed E-state index contributed by atoms with van der Waals surface area (Å²) in [5.41, 5.74) is 1.51. The summed E-state index contributed by atoms with van der Waals surface area (Å²) in [6, 6.07) is 0. The lowest BCUT2D eigenvalue weighted by Gasteiger charge is -2.30. The van der Waals surface area contributed by atoms with Crippen LogP contribution in [0.25, 0.3) is 0 Å². The summed E-state index contributed by atoms with van der Waals surface area (Å²) in [7, 11) is 3.52. The first-order valence-corrected chi connectivity index (χ1v) is 10.4. The van der Waals surface area contributed by atoms with Crippen LogP contribution in [0.4, 0.5) is 0 Å². The quantitative estimate of drug-likeness (QED) is 0.791. The largest absolute Gasteiger partial charge is 0.356 e. The highest BCUT2D eigenvalue weighted by Crippen LogP contribution is 2.36. The van der Waals surface area contributed by atoms with E-state index in [-0.39, 0.29) is 23.7 Å². The number of aryl methyl sites for hydroxylation is 1. The molecule has 0 aliphatic heterocycles. The van der Waals surface area contributed by atoms with Gasteiger partial charge in [-0.05, 0) is 57.8 Å². The van der Waals surface area contributed by atoms with Crippen molar-refractivity contribution in [3.8, 4) is 0 Å². The molecule has 3 rings (SSSR count). The zero-order chi connectivity index (χ0) is 20.1. The summed E-state index contributed by atoms with van der Waals surface area (Å²) in [5, 5.41) is 3.17. The molecular weight excluding hydrogens is 352 g/mol. The smallest absolute Gasteiger partial charge is 0.256 e. The van der Waals surface area contributed by atoms with Gasteiger partial charge in [-0.3, -0.25) is 9.59 Å². The summed E-state index contributed by atoms with van der Waals surface area (Å²) in [6.45, 7) is 2.63. The van der Waals surface area contributed by atoms with E-state index in [1.54, 1.807) is 25.2 Å². The highest BCUT2D eigenvalue weighted by molar-refractivity contribution is 5.94. The SMILES string of the molecule is Cc1ncc(C(=O)N(C)C)c(C2CCC(CNC(=O)C3CC=CCC3)CC2)n1. The summed E-state index contributed by atoms with van der Waals surface area (Å²) in [6.07, 6.45) is 12.9. The lowest BCUT2D eigenvalue weighted by Crippen LogP contribution is -2.36. The maximum absolute atomic E-state index is 12.5. The molecule has 1 unspecified atom stereocenters. The van der Waals surface area contributed by atoms with Crippen molar-refractivity contribution in [1.29, 1.82) is 0 Å². The minimum absolute atomic E-state index is 0.0362. The van der Waals surface area contributed by atoms with Crippen molar-refractivity contribution in [2.75, 3.05) is 20.6 Å². The Labute approximate surface area is 167 Å². The zero-order valence-electron chi connectivity index (χ0n) is 17.3. The van der Waals surface area contributed by atoms with Crippen molar-refractivity contribution in [1.82, 2.24) is 20.2 Å². The van der Waals surface area contributed by atoms with Crippen LogP contribution in [-0.2, 0) is 4.79 Å². The molecule has 0 bridgehead atoms. The number of carbonyl (C=O) groups excluding carboxylic acids is 2. The third-order valence-electron chi connectivity index (χ3n) is 6.01. The predicted molar refractivity (Wildman–Crippen MR) is 109 cm³/mol. The van der Waals surface area contributed by atoms with Crippen LogP contribution in [0.5, 0.6) is 0 Å². The van der Waals surface area contributed by atoms with Crippen molar-refractivity contribution in [2.45, 2.75) is 57.8 Å². The number of carbonyl (C=O) groups is 2. The minimum atomic E-state index is -0.0362. The molecule has 0 radical (unpaired) electrons. The van der Waals surface area contributed by atoms with Crippen LogP contribution in [0.1, 0.15) is 72.7 Å². The Balaban J connectivity index is 1.55. The van der Waals surface area contributed by atoms with Gasteiger partial charge in [0.15, 0.2) is 0 Å². The van der Waals surface area contributed by atoms with E-state index in [1.165, 1.54) is 0 Å². The zero-order valence-corrected chi connectivity index (χ0v) is 17.3. The fourth-order valence-corrected chi connectivity index (χ4v) is 4.27. The van der Waals surface area contributed by atoms with Crippen molar-refractivity contribution in [2.24, 2.45) is 11.8 Å². The van der Waals surface area contributed by atoms with Gasteiger partial charge in [0.1, 0.15) is 5.82 Å². The molecule has 1 aromatic heterocycles. The van der Waals surface area contributed by atoms with Gasteiger partial charge in [-0.15, -0.1) is 0 Å². The standard InChI is InChI=1S/C22H32N4O2/c1-15-23-14-19(22(28)26(2)3)20(25-15)17-11-9-16(10-12-17)13-24-21(27)18-7-5-4-6-8-18/h4-5,14,16-18H,6-13H2,1-3H3,(H,24,27). The Morgan fingerprint density at radius 3 is 2.54 bits per heavy atom. The summed E-state index contributed by atoms with van der Waals surface area (Å²) >= 11 is 0. The molecule has 6 nitrogen and oxygen atoms in total. The van der Waals surface area contributed by atoms with Gasteiger partial charge in [0.25, 0.3) is 5.91 Å². The number of rotatable bonds is 5. The van der Waals surface area contributed by atoms with E-state index < -0.39 is 0 Å². The number of hydrogen-bond acceptors (Lipinski definition) is 4. The molecule has 0 aromatic carbocycles. The van der Waals surface area contributed by atoms with E-state index in [9.17, 15) is 9.59 Å². The molecule has 1 saturated carbocycles. The van der Waals surface area contributed by atoms with E-state index >= 15 is 0 Å². The Morgan fingerprint density at radius 2 is 1.89 bits per heavy atom. The average molecular weight is 385 g/mol. The molecule has 1 heterocycles. The molecule has 1 fully saturated rings. The van der Waals surface area contributed by atoms with E-state index in [0.717, 1.165) is 57.2 Å². The Morgan fingerprint density at radius 1 is 1.14 bits per heavy atom. The van der Waals surface area contributed by atoms with Crippen LogP contribution in [0, 0.1) is 18.8 Å². The van der Waals surface area contributed by atoms with Gasteiger partial charge in [0.05, 0.1) is 11.3 Å². The second kappa shape index (κ2) is 9.30. The molecule has 1 N–H and O–H groups in total. The Hall–Kier alpha value is -2.24. The van der Waals surface area contributed by atoms with E-state index in [1.807, 2.05) is 6.92 Å². The number of nitrogens with one attached hydrogen (secondary N) is 1. The lowest BCUT2D eigenvalue weighted by molar-refractivity contribution is -0.125. The number of allylic oxidation sites excluding steroid dienone is 2. The van der Waals surface area contributed by atoms with E-state index in [0.29, 0.717) is 17.3 Å². The first-order valence-electron chi connectivity index (χ1n) is 10.4. The molecular formula is C22H32N4O2. The topological polar surface area (TPSA) is 75.2 Å². The van der Waals surface area contributed by atoms with Crippen molar-refractivity contribution in [3.05, 3.63) is 35.4 Å². The molecule has 2 aliphatic rings. The summed E-state index contributed by atoms with van der Waals surface area (Å²) in [5.74, 6) is 1.82. The molecule has 1 atom stereocenters. The fourth-order valence-electron chi connectivity index (χ4n) is 4.27. The van der Waals surface area contributed by atoms with Crippen LogP contribution >= 0.6 is 0 Å². The van der Waals surface area contributed by atoms with Gasteiger partial charge in [0, 0.05) is 38.7 Å². The molecule has 28 heavy (non-hydrogen) atoms. The van der Waals surface area contributed by atoms with Crippen LogP contribution < -0.4 is 5.32 Å². The molecule has 152 valence electrons. The molecule has 0 spiro atoms. The number of aromatic nitrogens is 2. The highest BCUT2D eigenvalue weighted by Gasteiger charge is 2.28. The fraction of sp³-hybridized carbons (Fsp3) is 0.636. The van der Waals surface area contributed by atoms with Crippen molar-refractivity contribution < 1.29 is 9.59 Å². The Bertz CT molecular complexity index is 736. The maximum Gasteiger partial charge on any atom is 0.256 e. The Kier molecular flexibility index (Phi) is 6.81. The average Bonchev–Trinajstić information content (AvgIpc) is 2.72.